The molecule has 5 heteroatoms. The van der Waals surface area contributed by atoms with E-state index in [2.05, 4.69) is 22.4 Å². The van der Waals surface area contributed by atoms with Crippen LogP contribution in [0.5, 0.6) is 0 Å². The molecule has 4 rings (SSSR count). The predicted octanol–water partition coefficient (Wildman–Crippen LogP) is 5.25. The zero-order chi connectivity index (χ0) is 24.5. The van der Waals surface area contributed by atoms with Crippen LogP contribution >= 0.6 is 0 Å². The van der Waals surface area contributed by atoms with Crippen LogP contribution in [0.25, 0.3) is 11.1 Å². The fourth-order valence-electron chi connectivity index (χ4n) is 4.15. The van der Waals surface area contributed by atoms with Crippen LogP contribution in [0.2, 0.25) is 0 Å². The minimum absolute atomic E-state index is 0.0403. The maximum atomic E-state index is 13.7. The Morgan fingerprint density at radius 3 is 2.20 bits per heavy atom. The minimum Gasteiger partial charge on any atom is -0.351 e. The molecule has 2 amide bonds. The lowest BCUT2D eigenvalue weighted by molar-refractivity contribution is 0.0723. The molecule has 1 atom stereocenters. The molecule has 0 spiro atoms. The lowest BCUT2D eigenvalue weighted by atomic mass is 9.97. The first-order valence-electron chi connectivity index (χ1n) is 11.8. The van der Waals surface area contributed by atoms with Crippen LogP contribution in [0.4, 0.5) is 0 Å². The number of pyridine rings is 1. The SMILES string of the molecule is CN(C(=O)c1ccccc1-c1ccccc1)[C@H](CCNC(=O)c1ccccn1)Cc1ccccc1. The number of hydrogen-bond donors (Lipinski definition) is 1. The van der Waals surface area contributed by atoms with Crippen LogP contribution in [0.15, 0.2) is 109 Å². The van der Waals surface area contributed by atoms with Crippen molar-refractivity contribution in [2.45, 2.75) is 18.9 Å². The average Bonchev–Trinajstić information content (AvgIpc) is 2.93. The summed E-state index contributed by atoms with van der Waals surface area (Å²) in [6.07, 6.45) is 2.91. The van der Waals surface area contributed by atoms with Crippen molar-refractivity contribution in [3.8, 4) is 11.1 Å². The Morgan fingerprint density at radius 2 is 1.49 bits per heavy atom. The molecule has 0 saturated heterocycles. The van der Waals surface area contributed by atoms with Crippen LogP contribution in [0.3, 0.4) is 0 Å². The number of nitrogens with one attached hydrogen (secondary N) is 1. The van der Waals surface area contributed by atoms with Gasteiger partial charge in [0.15, 0.2) is 0 Å². The third-order valence-corrected chi connectivity index (χ3v) is 6.09. The highest BCUT2D eigenvalue weighted by molar-refractivity contribution is 6.01. The maximum Gasteiger partial charge on any atom is 0.269 e. The molecule has 1 aromatic heterocycles. The molecule has 0 bridgehead atoms. The van der Waals surface area contributed by atoms with E-state index in [9.17, 15) is 9.59 Å². The number of aromatic nitrogens is 1. The Hall–Kier alpha value is -4.25. The van der Waals surface area contributed by atoms with Crippen molar-refractivity contribution in [3.05, 3.63) is 126 Å². The molecule has 0 aliphatic rings. The van der Waals surface area contributed by atoms with Crippen LogP contribution in [-0.4, -0.2) is 41.3 Å². The number of amides is 2. The van der Waals surface area contributed by atoms with Crippen molar-refractivity contribution in [1.82, 2.24) is 15.2 Å². The first-order valence-corrected chi connectivity index (χ1v) is 11.8. The molecule has 1 N–H and O–H groups in total. The Balaban J connectivity index is 1.53. The second-order valence-electron chi connectivity index (χ2n) is 8.43. The van der Waals surface area contributed by atoms with Gasteiger partial charge in [-0.25, -0.2) is 0 Å². The molecule has 3 aromatic carbocycles. The van der Waals surface area contributed by atoms with Gasteiger partial charge in [0.25, 0.3) is 11.8 Å². The lowest BCUT2D eigenvalue weighted by Gasteiger charge is -2.29. The van der Waals surface area contributed by atoms with E-state index in [1.165, 1.54) is 0 Å². The first-order chi connectivity index (χ1) is 17.1. The zero-order valence-electron chi connectivity index (χ0n) is 19.8. The van der Waals surface area contributed by atoms with E-state index in [1.54, 1.807) is 24.4 Å². The number of rotatable bonds is 9. The van der Waals surface area contributed by atoms with Crippen LogP contribution in [0, 0.1) is 0 Å². The molecule has 35 heavy (non-hydrogen) atoms. The molecule has 0 unspecified atom stereocenters. The third kappa shape index (κ3) is 6.21. The average molecular weight is 464 g/mol. The van der Waals surface area contributed by atoms with Crippen LogP contribution in [-0.2, 0) is 6.42 Å². The number of benzene rings is 3. The molecule has 4 aromatic rings. The normalized spacial score (nSPS) is 11.5. The lowest BCUT2D eigenvalue weighted by Crippen LogP contribution is -2.41. The Morgan fingerprint density at radius 1 is 0.829 bits per heavy atom. The summed E-state index contributed by atoms with van der Waals surface area (Å²) < 4.78 is 0. The van der Waals surface area contributed by atoms with Gasteiger partial charge in [0.05, 0.1) is 0 Å². The van der Waals surface area contributed by atoms with Gasteiger partial charge in [-0.05, 0) is 47.7 Å². The highest BCUT2D eigenvalue weighted by Crippen LogP contribution is 2.25. The number of carbonyl (C=O) groups is 2. The maximum absolute atomic E-state index is 13.7. The third-order valence-electron chi connectivity index (χ3n) is 6.09. The largest absolute Gasteiger partial charge is 0.351 e. The van der Waals surface area contributed by atoms with E-state index >= 15 is 0 Å². The number of hydrogen-bond acceptors (Lipinski definition) is 3. The van der Waals surface area contributed by atoms with Crippen molar-refractivity contribution in [2.75, 3.05) is 13.6 Å². The van der Waals surface area contributed by atoms with Gasteiger partial charge in [-0.2, -0.15) is 0 Å². The standard InChI is InChI=1S/C30H29N3O2/c1-33(30(35)27-17-9-8-16-26(27)24-14-6-3-7-15-24)25(22-23-12-4-2-5-13-23)19-21-32-29(34)28-18-10-11-20-31-28/h2-18,20,25H,19,21-22H2,1H3,(H,32,34)/t25-/m1/s1. The molecule has 0 aliphatic heterocycles. The summed E-state index contributed by atoms with van der Waals surface area (Å²) in [4.78, 5) is 32.1. The predicted molar refractivity (Wildman–Crippen MR) is 139 cm³/mol. The first kappa shape index (κ1) is 23.9. The van der Waals surface area contributed by atoms with Gasteiger partial charge in [-0.1, -0.05) is 84.9 Å². The zero-order valence-corrected chi connectivity index (χ0v) is 19.8. The Labute approximate surface area is 206 Å². The Kier molecular flexibility index (Phi) is 8.02. The van der Waals surface area contributed by atoms with Gasteiger partial charge >= 0.3 is 0 Å². The minimum atomic E-state index is -0.215. The summed E-state index contributed by atoms with van der Waals surface area (Å²) in [7, 11) is 1.85. The summed E-state index contributed by atoms with van der Waals surface area (Å²) in [5.74, 6) is -0.256. The van der Waals surface area contributed by atoms with Crippen molar-refractivity contribution < 1.29 is 9.59 Å². The molecular weight excluding hydrogens is 434 g/mol. The summed E-state index contributed by atoms with van der Waals surface area (Å²) in [5.41, 5.74) is 4.11. The Bertz CT molecular complexity index is 1240. The van der Waals surface area contributed by atoms with E-state index in [0.717, 1.165) is 16.7 Å². The van der Waals surface area contributed by atoms with Crippen molar-refractivity contribution >= 4 is 11.8 Å². The number of likely N-dealkylation sites (N-methyl/N-ethyl adjacent to an activating group) is 1. The van der Waals surface area contributed by atoms with E-state index in [4.69, 9.17) is 0 Å². The second kappa shape index (κ2) is 11.7. The summed E-state index contributed by atoms with van der Waals surface area (Å²) >= 11 is 0. The number of carbonyl (C=O) groups excluding carboxylic acids is 2. The number of nitrogens with zero attached hydrogens (tertiary/aromatic N) is 2. The highest BCUT2D eigenvalue weighted by atomic mass is 16.2. The molecule has 1 heterocycles. The van der Waals surface area contributed by atoms with E-state index in [1.807, 2.05) is 84.7 Å². The van der Waals surface area contributed by atoms with Crippen LogP contribution in [0.1, 0.15) is 32.8 Å². The van der Waals surface area contributed by atoms with Crippen LogP contribution < -0.4 is 5.32 Å². The molecule has 0 fully saturated rings. The van der Waals surface area contributed by atoms with E-state index < -0.39 is 0 Å². The summed E-state index contributed by atoms with van der Waals surface area (Å²) in [6.45, 7) is 0.435. The van der Waals surface area contributed by atoms with Gasteiger partial charge in [-0.3, -0.25) is 14.6 Å². The topological polar surface area (TPSA) is 62.3 Å². The fourth-order valence-corrected chi connectivity index (χ4v) is 4.15. The van der Waals surface area contributed by atoms with Gasteiger partial charge in [0.2, 0.25) is 0 Å². The molecule has 5 nitrogen and oxygen atoms in total. The molecular formula is C30H29N3O2. The van der Waals surface area contributed by atoms with Gasteiger partial charge in [0.1, 0.15) is 5.69 Å². The molecule has 0 aliphatic carbocycles. The van der Waals surface area contributed by atoms with E-state index in [-0.39, 0.29) is 17.9 Å². The van der Waals surface area contributed by atoms with Gasteiger partial charge in [0, 0.05) is 31.4 Å². The van der Waals surface area contributed by atoms with Gasteiger partial charge < -0.3 is 10.2 Å². The van der Waals surface area contributed by atoms with Crippen molar-refractivity contribution in [1.29, 1.82) is 0 Å². The van der Waals surface area contributed by atoms with E-state index in [0.29, 0.717) is 30.6 Å². The summed E-state index contributed by atoms with van der Waals surface area (Å²) in [5, 5.41) is 2.95. The van der Waals surface area contributed by atoms with Crippen molar-refractivity contribution in [2.24, 2.45) is 0 Å². The highest BCUT2D eigenvalue weighted by Gasteiger charge is 2.24. The fraction of sp³-hybridized carbons (Fsp3) is 0.167. The quantitative estimate of drug-likeness (QED) is 0.369. The molecule has 0 radical (unpaired) electrons. The molecule has 0 saturated carbocycles. The molecule has 176 valence electrons. The smallest absolute Gasteiger partial charge is 0.269 e. The second-order valence-corrected chi connectivity index (χ2v) is 8.43. The van der Waals surface area contributed by atoms with Gasteiger partial charge in [-0.15, -0.1) is 0 Å². The monoisotopic (exact) mass is 463 g/mol. The van der Waals surface area contributed by atoms with Crippen molar-refractivity contribution in [3.63, 3.8) is 0 Å². The summed E-state index contributed by atoms with van der Waals surface area (Å²) in [6, 6.07) is 32.9.